The number of carbonyl (C=O) groups is 2. The minimum absolute atomic E-state index is 0.00545. The molecule has 2 aliphatic rings. The third-order valence-electron chi connectivity index (χ3n) is 4.84. The third kappa shape index (κ3) is 2.77. The van der Waals surface area contributed by atoms with Crippen molar-refractivity contribution in [3.8, 4) is 0 Å². The van der Waals surface area contributed by atoms with Crippen LogP contribution in [0.1, 0.15) is 59.3 Å². The van der Waals surface area contributed by atoms with Gasteiger partial charge in [0, 0.05) is 6.04 Å². The molecule has 1 aliphatic carbocycles. The Morgan fingerprint density at radius 1 is 1.26 bits per heavy atom. The molecule has 0 aromatic heterocycles. The van der Waals surface area contributed by atoms with Gasteiger partial charge in [-0.2, -0.15) is 0 Å². The molecule has 4 nitrogen and oxygen atoms in total. The molecule has 1 aliphatic heterocycles. The van der Waals surface area contributed by atoms with Crippen LogP contribution in [-0.2, 0) is 9.59 Å². The Labute approximate surface area is 115 Å². The van der Waals surface area contributed by atoms with Gasteiger partial charge < -0.3 is 10.2 Å². The lowest BCUT2D eigenvalue weighted by atomic mass is 9.83. The highest BCUT2D eigenvalue weighted by atomic mass is 16.2. The molecule has 2 rings (SSSR count). The number of hydrogen-bond donors (Lipinski definition) is 1. The summed E-state index contributed by atoms with van der Waals surface area (Å²) >= 11 is 0. The summed E-state index contributed by atoms with van der Waals surface area (Å²) in [4.78, 5) is 26.4. The Kier molecular flexibility index (Phi) is 4.48. The van der Waals surface area contributed by atoms with Gasteiger partial charge in [-0.05, 0) is 39.0 Å². The Bertz CT molecular complexity index is 350. The summed E-state index contributed by atoms with van der Waals surface area (Å²) in [5.41, 5.74) is 0. The second-order valence-corrected chi connectivity index (χ2v) is 6.03. The molecule has 1 saturated carbocycles. The fourth-order valence-corrected chi connectivity index (χ4v) is 3.52. The van der Waals surface area contributed by atoms with Crippen molar-refractivity contribution in [2.24, 2.45) is 5.92 Å². The minimum Gasteiger partial charge on any atom is -0.343 e. The van der Waals surface area contributed by atoms with Gasteiger partial charge in [0.25, 0.3) is 0 Å². The molecule has 19 heavy (non-hydrogen) atoms. The van der Waals surface area contributed by atoms with E-state index in [2.05, 4.69) is 12.2 Å². The van der Waals surface area contributed by atoms with Crippen molar-refractivity contribution < 1.29 is 9.59 Å². The molecule has 2 fully saturated rings. The SMILES string of the molecule is CCC1NC(=O)C(C)N(C(C)C2CCCCC2)C1=O. The van der Waals surface area contributed by atoms with Crippen LogP contribution in [0.3, 0.4) is 0 Å². The van der Waals surface area contributed by atoms with Crippen molar-refractivity contribution in [3.63, 3.8) is 0 Å². The number of rotatable bonds is 3. The molecule has 108 valence electrons. The first kappa shape index (κ1) is 14.4. The molecule has 3 unspecified atom stereocenters. The third-order valence-corrected chi connectivity index (χ3v) is 4.84. The Balaban J connectivity index is 2.14. The molecule has 1 heterocycles. The molecule has 0 bridgehead atoms. The fourth-order valence-electron chi connectivity index (χ4n) is 3.52. The predicted molar refractivity (Wildman–Crippen MR) is 74.6 cm³/mol. The van der Waals surface area contributed by atoms with Gasteiger partial charge in [0.2, 0.25) is 11.8 Å². The van der Waals surface area contributed by atoms with Crippen LogP contribution in [0.2, 0.25) is 0 Å². The standard InChI is InChI=1S/C15H26N2O2/c1-4-13-15(19)17(11(3)14(18)16-13)10(2)12-8-6-5-7-9-12/h10-13H,4-9H2,1-3H3,(H,16,18). The Hall–Kier alpha value is -1.06. The molecule has 1 N–H and O–H groups in total. The maximum Gasteiger partial charge on any atom is 0.246 e. The maximum absolute atomic E-state index is 12.5. The summed E-state index contributed by atoms with van der Waals surface area (Å²) in [5.74, 6) is 0.658. The molecule has 4 heteroatoms. The topological polar surface area (TPSA) is 49.4 Å². The highest BCUT2D eigenvalue weighted by molar-refractivity contribution is 5.96. The second-order valence-electron chi connectivity index (χ2n) is 6.03. The van der Waals surface area contributed by atoms with Crippen LogP contribution in [0.25, 0.3) is 0 Å². The van der Waals surface area contributed by atoms with E-state index in [1.165, 1.54) is 32.1 Å². The first-order valence-electron chi connectivity index (χ1n) is 7.68. The van der Waals surface area contributed by atoms with Crippen molar-refractivity contribution in [2.45, 2.75) is 77.4 Å². The average molecular weight is 266 g/mol. The van der Waals surface area contributed by atoms with E-state index in [0.29, 0.717) is 12.3 Å². The maximum atomic E-state index is 12.5. The summed E-state index contributed by atoms with van der Waals surface area (Å²) < 4.78 is 0. The zero-order chi connectivity index (χ0) is 14.0. The smallest absolute Gasteiger partial charge is 0.246 e. The molecule has 0 aromatic carbocycles. The Morgan fingerprint density at radius 2 is 1.89 bits per heavy atom. The summed E-state index contributed by atoms with van der Waals surface area (Å²) in [6.45, 7) is 5.91. The molecule has 0 spiro atoms. The van der Waals surface area contributed by atoms with Gasteiger partial charge in [-0.1, -0.05) is 26.2 Å². The summed E-state index contributed by atoms with van der Waals surface area (Å²) in [7, 11) is 0. The van der Waals surface area contributed by atoms with Crippen LogP contribution in [0.15, 0.2) is 0 Å². The quantitative estimate of drug-likeness (QED) is 0.850. The van der Waals surface area contributed by atoms with Crippen LogP contribution in [-0.4, -0.2) is 34.8 Å². The highest BCUT2D eigenvalue weighted by Gasteiger charge is 2.41. The first-order chi connectivity index (χ1) is 9.06. The molecule has 0 aromatic rings. The number of piperazine rings is 1. The minimum atomic E-state index is -0.327. The number of carbonyl (C=O) groups excluding carboxylic acids is 2. The fraction of sp³-hybridized carbons (Fsp3) is 0.867. The predicted octanol–water partition coefficient (Wildman–Crippen LogP) is 2.08. The van der Waals surface area contributed by atoms with E-state index in [9.17, 15) is 9.59 Å². The van der Waals surface area contributed by atoms with E-state index < -0.39 is 0 Å². The summed E-state index contributed by atoms with van der Waals surface area (Å²) in [6.07, 6.45) is 6.88. The van der Waals surface area contributed by atoms with Gasteiger partial charge in [0.1, 0.15) is 12.1 Å². The lowest BCUT2D eigenvalue weighted by Gasteiger charge is -2.44. The number of amides is 2. The first-order valence-corrected chi connectivity index (χ1v) is 7.68. The Morgan fingerprint density at radius 3 is 2.47 bits per heavy atom. The monoisotopic (exact) mass is 266 g/mol. The van der Waals surface area contributed by atoms with Gasteiger partial charge >= 0.3 is 0 Å². The van der Waals surface area contributed by atoms with Gasteiger partial charge in [0.15, 0.2) is 0 Å². The zero-order valence-electron chi connectivity index (χ0n) is 12.3. The van der Waals surface area contributed by atoms with Gasteiger partial charge in [-0.25, -0.2) is 0 Å². The van der Waals surface area contributed by atoms with Crippen molar-refractivity contribution in [3.05, 3.63) is 0 Å². The van der Waals surface area contributed by atoms with E-state index in [1.807, 2.05) is 18.7 Å². The van der Waals surface area contributed by atoms with E-state index in [4.69, 9.17) is 0 Å². The van der Waals surface area contributed by atoms with Crippen molar-refractivity contribution in [1.82, 2.24) is 10.2 Å². The van der Waals surface area contributed by atoms with Crippen molar-refractivity contribution >= 4 is 11.8 Å². The molecule has 2 amide bonds. The van der Waals surface area contributed by atoms with Gasteiger partial charge in [0.05, 0.1) is 0 Å². The normalized spacial score (nSPS) is 31.2. The van der Waals surface area contributed by atoms with Gasteiger partial charge in [-0.3, -0.25) is 9.59 Å². The zero-order valence-corrected chi connectivity index (χ0v) is 12.3. The van der Waals surface area contributed by atoms with Crippen LogP contribution in [0.5, 0.6) is 0 Å². The molecule has 3 atom stereocenters. The second kappa shape index (κ2) is 5.93. The van der Waals surface area contributed by atoms with E-state index in [-0.39, 0.29) is 29.9 Å². The van der Waals surface area contributed by atoms with Gasteiger partial charge in [-0.15, -0.1) is 0 Å². The van der Waals surface area contributed by atoms with E-state index in [0.717, 1.165) is 0 Å². The van der Waals surface area contributed by atoms with E-state index >= 15 is 0 Å². The van der Waals surface area contributed by atoms with Crippen molar-refractivity contribution in [2.75, 3.05) is 0 Å². The summed E-state index contributed by atoms with van der Waals surface area (Å²) in [6, 6.07) is -0.468. The van der Waals surface area contributed by atoms with Crippen LogP contribution >= 0.6 is 0 Å². The molecular formula is C15H26N2O2. The number of nitrogens with zero attached hydrogens (tertiary/aromatic N) is 1. The average Bonchev–Trinajstić information content (AvgIpc) is 2.44. The molecule has 1 saturated heterocycles. The molecule has 0 radical (unpaired) electrons. The van der Waals surface area contributed by atoms with Crippen LogP contribution < -0.4 is 5.32 Å². The van der Waals surface area contributed by atoms with Crippen LogP contribution in [0, 0.1) is 5.92 Å². The lowest BCUT2D eigenvalue weighted by Crippen LogP contribution is -2.65. The largest absolute Gasteiger partial charge is 0.343 e. The number of nitrogens with one attached hydrogen (secondary N) is 1. The van der Waals surface area contributed by atoms with E-state index in [1.54, 1.807) is 0 Å². The highest BCUT2D eigenvalue weighted by Crippen LogP contribution is 2.31. The van der Waals surface area contributed by atoms with Crippen molar-refractivity contribution in [1.29, 1.82) is 0 Å². The van der Waals surface area contributed by atoms with Crippen LogP contribution in [0.4, 0.5) is 0 Å². The summed E-state index contributed by atoms with van der Waals surface area (Å²) in [5, 5.41) is 2.82. The lowest BCUT2D eigenvalue weighted by molar-refractivity contribution is -0.152. The molecular weight excluding hydrogens is 240 g/mol. The number of hydrogen-bond acceptors (Lipinski definition) is 2.